The Kier molecular flexibility index (Phi) is 4.32. The molecule has 1 aromatic heterocycles. The van der Waals surface area contributed by atoms with E-state index < -0.39 is 0 Å². The molecule has 0 fully saturated rings. The Balaban J connectivity index is 2.22. The Morgan fingerprint density at radius 1 is 0.960 bits per heavy atom. The zero-order valence-electron chi connectivity index (χ0n) is 16.4. The molecule has 2 nitrogen and oxygen atoms in total. The van der Waals surface area contributed by atoms with Crippen LogP contribution in [0.3, 0.4) is 0 Å². The van der Waals surface area contributed by atoms with Gasteiger partial charge in [-0.3, -0.25) is 4.99 Å². The van der Waals surface area contributed by atoms with Crippen molar-refractivity contribution in [3.8, 4) is 0 Å². The lowest BCUT2D eigenvalue weighted by Gasteiger charge is -2.20. The maximum atomic E-state index is 4.83. The number of hydrogen-bond donors (Lipinski definition) is 1. The number of aliphatic imine (C=N–C) groups is 1. The fourth-order valence-corrected chi connectivity index (χ4v) is 3.46. The molecule has 0 radical (unpaired) electrons. The molecular weight excluding hydrogens is 304 g/mol. The van der Waals surface area contributed by atoms with Crippen LogP contribution in [0.4, 0.5) is 0 Å². The van der Waals surface area contributed by atoms with Crippen molar-refractivity contribution in [3.05, 3.63) is 75.8 Å². The zero-order valence-corrected chi connectivity index (χ0v) is 16.4. The quantitative estimate of drug-likeness (QED) is 0.687. The molecule has 1 aromatic carbocycles. The van der Waals surface area contributed by atoms with Crippen LogP contribution in [0, 0.1) is 13.8 Å². The topological polar surface area (TPSA) is 28.1 Å². The molecule has 0 spiro atoms. The van der Waals surface area contributed by atoms with E-state index in [0.717, 1.165) is 11.4 Å². The largest absolute Gasteiger partial charge is 0.358 e. The lowest BCUT2D eigenvalue weighted by atomic mass is 9.85. The van der Waals surface area contributed by atoms with Gasteiger partial charge in [0.2, 0.25) is 0 Å². The molecule has 1 aliphatic rings. The van der Waals surface area contributed by atoms with Crippen LogP contribution in [0.5, 0.6) is 0 Å². The van der Waals surface area contributed by atoms with Crippen molar-refractivity contribution in [2.24, 2.45) is 4.99 Å². The van der Waals surface area contributed by atoms with E-state index in [1.54, 1.807) is 0 Å². The second-order valence-electron chi connectivity index (χ2n) is 8.14. The predicted molar refractivity (Wildman–Crippen MR) is 108 cm³/mol. The smallest absolute Gasteiger partial charge is 0.0761 e. The van der Waals surface area contributed by atoms with Crippen molar-refractivity contribution in [2.75, 3.05) is 0 Å². The number of aryl methyl sites for hydroxylation is 2. The van der Waals surface area contributed by atoms with Gasteiger partial charge in [-0.05, 0) is 67.5 Å². The predicted octanol–water partition coefficient (Wildman–Crippen LogP) is 6.11. The molecule has 1 N–H and O–H groups in total. The summed E-state index contributed by atoms with van der Waals surface area (Å²) in [6.45, 7) is 15.2. The summed E-state index contributed by atoms with van der Waals surface area (Å²) in [6, 6.07) is 11.1. The highest BCUT2D eigenvalue weighted by Crippen LogP contribution is 2.35. The van der Waals surface area contributed by atoms with Crippen molar-refractivity contribution in [2.45, 2.75) is 53.9 Å². The number of nitrogens with zero attached hydrogens (tertiary/aromatic N) is 1. The summed E-state index contributed by atoms with van der Waals surface area (Å²) in [5.74, 6) is 0. The minimum Gasteiger partial charge on any atom is -0.358 e. The zero-order chi connectivity index (χ0) is 18.4. The van der Waals surface area contributed by atoms with Gasteiger partial charge >= 0.3 is 0 Å². The van der Waals surface area contributed by atoms with Gasteiger partial charge < -0.3 is 4.98 Å². The molecule has 1 aliphatic heterocycles. The van der Waals surface area contributed by atoms with Crippen LogP contribution in [0.2, 0.25) is 0 Å². The van der Waals surface area contributed by atoms with Gasteiger partial charge in [0, 0.05) is 17.0 Å². The average molecular weight is 332 g/mol. The molecule has 0 aliphatic carbocycles. The third-order valence-electron chi connectivity index (χ3n) is 4.76. The maximum Gasteiger partial charge on any atom is 0.0761 e. The fraction of sp³-hybridized carbons (Fsp3) is 0.348. The Hall–Kier alpha value is -2.35. The van der Waals surface area contributed by atoms with E-state index in [1.807, 2.05) is 0 Å². The Morgan fingerprint density at radius 2 is 1.60 bits per heavy atom. The van der Waals surface area contributed by atoms with Crippen LogP contribution in [-0.2, 0) is 5.41 Å². The minimum absolute atomic E-state index is 0.155. The lowest BCUT2D eigenvalue weighted by molar-refractivity contribution is 0.590. The normalized spacial score (nSPS) is 16.8. The summed E-state index contributed by atoms with van der Waals surface area (Å²) in [7, 11) is 0. The average Bonchev–Trinajstić information content (AvgIpc) is 3.01. The monoisotopic (exact) mass is 332 g/mol. The van der Waals surface area contributed by atoms with E-state index in [9.17, 15) is 0 Å². The van der Waals surface area contributed by atoms with Crippen molar-refractivity contribution in [3.63, 3.8) is 0 Å². The van der Waals surface area contributed by atoms with Gasteiger partial charge in [-0.25, -0.2) is 0 Å². The first-order valence-electron chi connectivity index (χ1n) is 8.92. The van der Waals surface area contributed by atoms with Crippen LogP contribution in [0.25, 0.3) is 5.57 Å². The fourth-order valence-electron chi connectivity index (χ4n) is 3.46. The van der Waals surface area contributed by atoms with E-state index in [-0.39, 0.29) is 5.41 Å². The van der Waals surface area contributed by atoms with Crippen molar-refractivity contribution < 1.29 is 0 Å². The molecule has 0 atom stereocenters. The molecule has 0 amide bonds. The van der Waals surface area contributed by atoms with Gasteiger partial charge in [0.1, 0.15) is 0 Å². The molecule has 0 unspecified atom stereocenters. The molecular formula is C23H28N2. The molecule has 0 saturated carbocycles. The molecule has 130 valence electrons. The highest BCUT2D eigenvalue weighted by molar-refractivity contribution is 6.01. The van der Waals surface area contributed by atoms with Crippen LogP contribution >= 0.6 is 0 Å². The second-order valence-corrected chi connectivity index (χ2v) is 8.14. The van der Waals surface area contributed by atoms with E-state index in [2.05, 4.69) is 89.9 Å². The number of rotatable bonds is 2. The number of benzene rings is 1. The number of H-pyrrole nitrogens is 1. The first kappa shape index (κ1) is 17.5. The molecule has 0 bridgehead atoms. The van der Waals surface area contributed by atoms with Gasteiger partial charge in [-0.1, -0.05) is 45.0 Å². The van der Waals surface area contributed by atoms with E-state index in [1.165, 1.54) is 39.2 Å². The minimum atomic E-state index is 0.155. The van der Waals surface area contributed by atoms with Crippen LogP contribution < -0.4 is 0 Å². The first-order valence-corrected chi connectivity index (χ1v) is 8.92. The molecule has 25 heavy (non-hydrogen) atoms. The Bertz CT molecular complexity index is 895. The number of aromatic amines is 1. The maximum absolute atomic E-state index is 4.83. The van der Waals surface area contributed by atoms with Gasteiger partial charge in [0.05, 0.1) is 11.4 Å². The van der Waals surface area contributed by atoms with Crippen LogP contribution in [-0.4, -0.2) is 10.7 Å². The summed E-state index contributed by atoms with van der Waals surface area (Å²) >= 11 is 0. The highest BCUT2D eigenvalue weighted by atomic mass is 14.8. The molecule has 2 aromatic rings. The standard InChI is InChI=1S/C23H28N2/c1-14-12-16(3)24-21(14)20(22-15(2)13-17(4)25-22)18-8-10-19(11-9-18)23(5,6)7/h8-13,24H,1-7H3/b22-20-. The van der Waals surface area contributed by atoms with Crippen molar-refractivity contribution in [1.29, 1.82) is 0 Å². The SMILES string of the molecule is CC1=CC(C)=N/C1=C(/c1ccc(C(C)(C)C)cc1)c1[nH]c(C)cc1C. The summed E-state index contributed by atoms with van der Waals surface area (Å²) in [6.07, 6.45) is 2.16. The number of nitrogens with one attached hydrogen (secondary N) is 1. The molecule has 0 saturated heterocycles. The van der Waals surface area contributed by atoms with E-state index in [4.69, 9.17) is 4.99 Å². The summed E-state index contributed by atoms with van der Waals surface area (Å²) in [4.78, 5) is 8.37. The van der Waals surface area contributed by atoms with Crippen LogP contribution in [0.1, 0.15) is 62.7 Å². The third kappa shape index (κ3) is 3.39. The van der Waals surface area contributed by atoms with Gasteiger partial charge in [0.15, 0.2) is 0 Å². The third-order valence-corrected chi connectivity index (χ3v) is 4.76. The van der Waals surface area contributed by atoms with Crippen molar-refractivity contribution >= 4 is 11.3 Å². The van der Waals surface area contributed by atoms with Gasteiger partial charge in [0.25, 0.3) is 0 Å². The van der Waals surface area contributed by atoms with Gasteiger partial charge in [-0.2, -0.15) is 0 Å². The Labute approximate surface area is 151 Å². The van der Waals surface area contributed by atoms with Crippen molar-refractivity contribution in [1.82, 2.24) is 4.98 Å². The molecule has 2 heteroatoms. The number of hydrogen-bond acceptors (Lipinski definition) is 1. The molecule has 2 heterocycles. The molecule has 3 rings (SSSR count). The van der Waals surface area contributed by atoms with Crippen LogP contribution in [0.15, 0.2) is 52.7 Å². The summed E-state index contributed by atoms with van der Waals surface area (Å²) in [5, 5.41) is 0. The Morgan fingerprint density at radius 3 is 2.04 bits per heavy atom. The second kappa shape index (κ2) is 6.18. The number of allylic oxidation sites excluding steroid dienone is 2. The number of aromatic nitrogens is 1. The van der Waals surface area contributed by atoms with Gasteiger partial charge in [-0.15, -0.1) is 0 Å². The summed E-state index contributed by atoms with van der Waals surface area (Å²) < 4.78 is 0. The first-order chi connectivity index (χ1) is 11.7. The lowest BCUT2D eigenvalue weighted by Crippen LogP contribution is -2.10. The van der Waals surface area contributed by atoms with E-state index in [0.29, 0.717) is 0 Å². The highest BCUT2D eigenvalue weighted by Gasteiger charge is 2.21. The summed E-state index contributed by atoms with van der Waals surface area (Å²) in [5.41, 5.74) is 10.9. The van der Waals surface area contributed by atoms with E-state index >= 15 is 0 Å².